The van der Waals surface area contributed by atoms with E-state index >= 15 is 0 Å². The zero-order valence-corrected chi connectivity index (χ0v) is 13.2. The fraction of sp³-hybridized carbons (Fsp3) is 0.647. The van der Waals surface area contributed by atoms with Gasteiger partial charge in [0.1, 0.15) is 0 Å². The number of hydrogen-bond acceptors (Lipinski definition) is 2. The lowest BCUT2D eigenvalue weighted by atomic mass is 9.80. The smallest absolute Gasteiger partial charge is 0.0409 e. The molecule has 0 saturated carbocycles. The molecule has 1 N–H and O–H groups in total. The van der Waals surface area contributed by atoms with Crippen molar-refractivity contribution in [2.45, 2.75) is 63.2 Å². The highest BCUT2D eigenvalue weighted by molar-refractivity contribution is 6.30. The Hall–Kier alpha value is -0.570. The molecule has 2 saturated heterocycles. The monoisotopic (exact) mass is 292 g/mol. The Kier molecular flexibility index (Phi) is 4.34. The highest BCUT2D eigenvalue weighted by Crippen LogP contribution is 2.40. The van der Waals surface area contributed by atoms with Gasteiger partial charge >= 0.3 is 0 Å². The van der Waals surface area contributed by atoms with Crippen molar-refractivity contribution in [3.63, 3.8) is 0 Å². The molecule has 2 nitrogen and oxygen atoms in total. The second-order valence-electron chi connectivity index (χ2n) is 6.37. The molecule has 3 atom stereocenters. The molecular formula is C17H25ClN2. The van der Waals surface area contributed by atoms with Crippen molar-refractivity contribution < 1.29 is 0 Å². The van der Waals surface area contributed by atoms with Crippen molar-refractivity contribution in [2.75, 3.05) is 7.05 Å². The molecule has 0 radical (unpaired) electrons. The van der Waals surface area contributed by atoms with E-state index < -0.39 is 0 Å². The third kappa shape index (κ3) is 2.74. The van der Waals surface area contributed by atoms with Crippen LogP contribution in [0.2, 0.25) is 5.02 Å². The topological polar surface area (TPSA) is 15.3 Å². The zero-order valence-electron chi connectivity index (χ0n) is 12.5. The summed E-state index contributed by atoms with van der Waals surface area (Å²) in [6.45, 7) is 2.34. The van der Waals surface area contributed by atoms with Crippen LogP contribution in [-0.4, -0.2) is 30.1 Å². The standard InChI is InChI=1S/C17H25ClN2/c1-12(13-5-3-6-14(18)9-13)20-16-7-4-8-17(20)11-15(10-16)19-2/h3,5-6,9,12,15-17,19H,4,7-8,10-11H2,1-2H3. The fourth-order valence-corrected chi connectivity index (χ4v) is 4.42. The van der Waals surface area contributed by atoms with E-state index in [0.717, 1.165) is 17.1 Å². The molecule has 2 bridgehead atoms. The summed E-state index contributed by atoms with van der Waals surface area (Å²) in [5.74, 6) is 0. The third-order valence-corrected chi connectivity index (χ3v) is 5.45. The summed E-state index contributed by atoms with van der Waals surface area (Å²) in [6, 6.07) is 11.0. The van der Waals surface area contributed by atoms with Crippen LogP contribution in [0.25, 0.3) is 0 Å². The van der Waals surface area contributed by atoms with Crippen LogP contribution >= 0.6 is 11.6 Å². The first-order valence-electron chi connectivity index (χ1n) is 7.89. The molecule has 2 aliphatic rings. The third-order valence-electron chi connectivity index (χ3n) is 5.22. The first kappa shape index (κ1) is 14.4. The van der Waals surface area contributed by atoms with Crippen molar-refractivity contribution in [1.29, 1.82) is 0 Å². The summed E-state index contributed by atoms with van der Waals surface area (Å²) in [6.07, 6.45) is 6.67. The minimum Gasteiger partial charge on any atom is -0.317 e. The number of piperidine rings is 2. The maximum atomic E-state index is 6.17. The Balaban J connectivity index is 1.82. The van der Waals surface area contributed by atoms with Crippen LogP contribution in [0, 0.1) is 0 Å². The number of benzene rings is 1. The van der Waals surface area contributed by atoms with Crippen LogP contribution in [-0.2, 0) is 0 Å². The summed E-state index contributed by atoms with van der Waals surface area (Å²) in [7, 11) is 2.11. The van der Waals surface area contributed by atoms with E-state index in [2.05, 4.69) is 42.4 Å². The molecule has 1 aromatic carbocycles. The van der Waals surface area contributed by atoms with E-state index in [-0.39, 0.29) is 0 Å². The summed E-state index contributed by atoms with van der Waals surface area (Å²) < 4.78 is 0. The summed E-state index contributed by atoms with van der Waals surface area (Å²) >= 11 is 6.17. The van der Waals surface area contributed by atoms with Crippen molar-refractivity contribution in [1.82, 2.24) is 10.2 Å². The van der Waals surface area contributed by atoms with Crippen LogP contribution in [0.5, 0.6) is 0 Å². The summed E-state index contributed by atoms with van der Waals surface area (Å²) in [5, 5.41) is 4.34. The molecule has 0 aromatic heterocycles. The van der Waals surface area contributed by atoms with Gasteiger partial charge in [0.25, 0.3) is 0 Å². The maximum absolute atomic E-state index is 6.17. The van der Waals surface area contributed by atoms with E-state index in [9.17, 15) is 0 Å². The van der Waals surface area contributed by atoms with Crippen LogP contribution in [0.3, 0.4) is 0 Å². The number of nitrogens with one attached hydrogen (secondary N) is 1. The second-order valence-corrected chi connectivity index (χ2v) is 6.81. The molecule has 3 heteroatoms. The lowest BCUT2D eigenvalue weighted by Gasteiger charge is -2.51. The lowest BCUT2D eigenvalue weighted by Crippen LogP contribution is -2.56. The normalized spacial score (nSPS) is 32.0. The predicted octanol–water partition coefficient (Wildman–Crippen LogP) is 4.01. The average Bonchev–Trinajstić information content (AvgIpc) is 2.45. The number of hydrogen-bond donors (Lipinski definition) is 1. The molecule has 2 aliphatic heterocycles. The highest BCUT2D eigenvalue weighted by Gasteiger charge is 2.40. The van der Waals surface area contributed by atoms with Crippen LogP contribution in [0.15, 0.2) is 24.3 Å². The van der Waals surface area contributed by atoms with Crippen LogP contribution in [0.4, 0.5) is 0 Å². The minimum absolute atomic E-state index is 0.474. The predicted molar refractivity (Wildman–Crippen MR) is 85.2 cm³/mol. The van der Waals surface area contributed by atoms with Gasteiger partial charge in [-0.05, 0) is 57.4 Å². The van der Waals surface area contributed by atoms with E-state index in [4.69, 9.17) is 11.6 Å². The van der Waals surface area contributed by atoms with E-state index in [1.807, 2.05) is 6.07 Å². The van der Waals surface area contributed by atoms with Crippen molar-refractivity contribution in [3.8, 4) is 0 Å². The molecule has 2 heterocycles. The van der Waals surface area contributed by atoms with Crippen molar-refractivity contribution >= 4 is 11.6 Å². The number of fused-ring (bicyclic) bond motifs is 2. The SMILES string of the molecule is CNC1CC2CCCC(C1)N2C(C)c1cccc(Cl)c1. The highest BCUT2D eigenvalue weighted by atomic mass is 35.5. The molecule has 110 valence electrons. The van der Waals surface area contributed by atoms with E-state index in [0.29, 0.717) is 12.1 Å². The van der Waals surface area contributed by atoms with Gasteiger partial charge in [0.2, 0.25) is 0 Å². The van der Waals surface area contributed by atoms with Gasteiger partial charge in [0.15, 0.2) is 0 Å². The first-order valence-corrected chi connectivity index (χ1v) is 8.27. The quantitative estimate of drug-likeness (QED) is 0.906. The molecule has 0 spiro atoms. The molecular weight excluding hydrogens is 268 g/mol. The van der Waals surface area contributed by atoms with Gasteiger partial charge in [0.05, 0.1) is 0 Å². The molecule has 0 amide bonds. The summed E-state index contributed by atoms with van der Waals surface area (Å²) in [5.41, 5.74) is 1.36. The van der Waals surface area contributed by atoms with Gasteiger partial charge in [-0.25, -0.2) is 0 Å². The number of rotatable bonds is 3. The first-order chi connectivity index (χ1) is 9.69. The Morgan fingerprint density at radius 1 is 1.25 bits per heavy atom. The molecule has 0 aliphatic carbocycles. The van der Waals surface area contributed by atoms with Gasteiger partial charge < -0.3 is 5.32 Å². The van der Waals surface area contributed by atoms with Crippen molar-refractivity contribution in [3.05, 3.63) is 34.9 Å². The Morgan fingerprint density at radius 2 is 1.95 bits per heavy atom. The summed E-state index contributed by atoms with van der Waals surface area (Å²) in [4.78, 5) is 2.77. The minimum atomic E-state index is 0.474. The Bertz CT molecular complexity index is 448. The van der Waals surface area contributed by atoms with E-state index in [1.54, 1.807) is 0 Å². The maximum Gasteiger partial charge on any atom is 0.0409 e. The largest absolute Gasteiger partial charge is 0.317 e. The average molecular weight is 293 g/mol. The number of halogens is 1. The Morgan fingerprint density at radius 3 is 2.55 bits per heavy atom. The van der Waals surface area contributed by atoms with Gasteiger partial charge in [-0.3, -0.25) is 4.90 Å². The van der Waals surface area contributed by atoms with Gasteiger partial charge in [0, 0.05) is 29.2 Å². The second kappa shape index (κ2) is 6.05. The molecule has 3 unspecified atom stereocenters. The zero-order chi connectivity index (χ0) is 14.1. The van der Waals surface area contributed by atoms with Crippen LogP contribution < -0.4 is 5.32 Å². The van der Waals surface area contributed by atoms with Gasteiger partial charge in [-0.15, -0.1) is 0 Å². The Labute approximate surface area is 127 Å². The molecule has 2 fully saturated rings. The molecule has 20 heavy (non-hydrogen) atoms. The van der Waals surface area contributed by atoms with Gasteiger partial charge in [-0.1, -0.05) is 30.2 Å². The lowest BCUT2D eigenvalue weighted by molar-refractivity contribution is -0.00515. The number of nitrogens with zero attached hydrogens (tertiary/aromatic N) is 1. The van der Waals surface area contributed by atoms with Crippen LogP contribution in [0.1, 0.15) is 50.6 Å². The molecule has 3 rings (SSSR count). The van der Waals surface area contributed by atoms with Crippen molar-refractivity contribution in [2.24, 2.45) is 0 Å². The molecule has 1 aromatic rings. The van der Waals surface area contributed by atoms with E-state index in [1.165, 1.54) is 37.7 Å². The van der Waals surface area contributed by atoms with Gasteiger partial charge in [-0.2, -0.15) is 0 Å². The fourth-order valence-electron chi connectivity index (χ4n) is 4.22.